The van der Waals surface area contributed by atoms with Crippen LogP contribution in [0.2, 0.25) is 0 Å². The number of amides is 2. The SMILES string of the molecule is COc1ccc(CCOc2ccc(C(=O)NC(=Cc3ccc(C4CC4)cc3)C(=O)NCCOC(C)=O)cc2)cc1. The first kappa shape index (κ1) is 28.4. The summed E-state index contributed by atoms with van der Waals surface area (Å²) < 4.78 is 15.9. The number of esters is 1. The highest BCUT2D eigenvalue weighted by atomic mass is 16.5. The molecule has 0 bridgehead atoms. The second-order valence-electron chi connectivity index (χ2n) is 9.52. The first-order valence-corrected chi connectivity index (χ1v) is 13.3. The molecule has 0 saturated heterocycles. The van der Waals surface area contributed by atoms with Gasteiger partial charge in [-0.25, -0.2) is 0 Å². The molecule has 1 aliphatic rings. The molecule has 0 heterocycles. The van der Waals surface area contributed by atoms with Crippen molar-refractivity contribution in [1.29, 1.82) is 0 Å². The summed E-state index contributed by atoms with van der Waals surface area (Å²) in [4.78, 5) is 36.9. The lowest BCUT2D eigenvalue weighted by atomic mass is 10.1. The number of carbonyl (C=O) groups excluding carboxylic acids is 3. The van der Waals surface area contributed by atoms with Crippen molar-refractivity contribution < 1.29 is 28.6 Å². The van der Waals surface area contributed by atoms with Crippen LogP contribution in [0.15, 0.2) is 78.5 Å². The van der Waals surface area contributed by atoms with E-state index in [0.717, 1.165) is 23.3 Å². The van der Waals surface area contributed by atoms with Gasteiger partial charge in [-0.2, -0.15) is 0 Å². The lowest BCUT2D eigenvalue weighted by Crippen LogP contribution is -2.36. The Morgan fingerprint density at radius 2 is 1.55 bits per heavy atom. The summed E-state index contributed by atoms with van der Waals surface area (Å²) in [6, 6.07) is 22.5. The molecule has 0 spiro atoms. The molecule has 0 aromatic heterocycles. The van der Waals surface area contributed by atoms with Crippen LogP contribution in [-0.2, 0) is 20.7 Å². The van der Waals surface area contributed by atoms with E-state index >= 15 is 0 Å². The Labute approximate surface area is 234 Å². The first-order chi connectivity index (χ1) is 19.4. The number of hydrogen-bond donors (Lipinski definition) is 2. The van der Waals surface area contributed by atoms with Crippen LogP contribution >= 0.6 is 0 Å². The molecule has 8 heteroatoms. The Hall–Kier alpha value is -4.59. The lowest BCUT2D eigenvalue weighted by molar-refractivity contribution is -0.141. The fraction of sp³-hybridized carbons (Fsp3) is 0.281. The van der Waals surface area contributed by atoms with Gasteiger partial charge in [0.2, 0.25) is 0 Å². The Morgan fingerprint density at radius 3 is 2.17 bits per heavy atom. The van der Waals surface area contributed by atoms with Gasteiger partial charge in [0.1, 0.15) is 23.8 Å². The number of benzene rings is 3. The van der Waals surface area contributed by atoms with Gasteiger partial charge >= 0.3 is 5.97 Å². The minimum absolute atomic E-state index is 0.0400. The van der Waals surface area contributed by atoms with Crippen LogP contribution in [0.1, 0.15) is 52.7 Å². The molecular weight excluding hydrogens is 508 g/mol. The van der Waals surface area contributed by atoms with Gasteiger partial charge in [-0.15, -0.1) is 0 Å². The molecule has 40 heavy (non-hydrogen) atoms. The molecule has 3 aromatic rings. The van der Waals surface area contributed by atoms with E-state index in [0.29, 0.717) is 23.8 Å². The summed E-state index contributed by atoms with van der Waals surface area (Å²) in [6.07, 6.45) is 4.77. The van der Waals surface area contributed by atoms with Crippen LogP contribution in [0.25, 0.3) is 6.08 Å². The Bertz CT molecular complexity index is 1330. The van der Waals surface area contributed by atoms with E-state index in [1.807, 2.05) is 36.4 Å². The van der Waals surface area contributed by atoms with Crippen molar-refractivity contribution in [2.75, 3.05) is 26.9 Å². The summed E-state index contributed by atoms with van der Waals surface area (Å²) in [7, 11) is 1.63. The second kappa shape index (κ2) is 14.0. The van der Waals surface area contributed by atoms with E-state index in [1.165, 1.54) is 25.3 Å². The van der Waals surface area contributed by atoms with Crippen LogP contribution in [0.5, 0.6) is 11.5 Å². The third-order valence-corrected chi connectivity index (χ3v) is 6.42. The van der Waals surface area contributed by atoms with Crippen molar-refractivity contribution in [3.8, 4) is 11.5 Å². The van der Waals surface area contributed by atoms with Gasteiger partial charge in [0, 0.05) is 18.9 Å². The summed E-state index contributed by atoms with van der Waals surface area (Å²) in [5, 5.41) is 5.41. The predicted octanol–water partition coefficient (Wildman–Crippen LogP) is 4.64. The number of methoxy groups -OCH3 is 1. The average molecular weight is 543 g/mol. The third kappa shape index (κ3) is 8.73. The van der Waals surface area contributed by atoms with Crippen LogP contribution in [0, 0.1) is 0 Å². The van der Waals surface area contributed by atoms with E-state index in [-0.39, 0.29) is 18.8 Å². The number of rotatable bonds is 13. The molecule has 0 unspecified atom stereocenters. The van der Waals surface area contributed by atoms with E-state index in [9.17, 15) is 14.4 Å². The molecule has 0 atom stereocenters. The zero-order valence-corrected chi connectivity index (χ0v) is 22.8. The van der Waals surface area contributed by atoms with Gasteiger partial charge in [-0.05, 0) is 77.9 Å². The predicted molar refractivity (Wildman–Crippen MR) is 152 cm³/mol. The van der Waals surface area contributed by atoms with Gasteiger partial charge in [0.15, 0.2) is 0 Å². The number of hydrogen-bond acceptors (Lipinski definition) is 6. The smallest absolute Gasteiger partial charge is 0.302 e. The molecule has 0 aliphatic heterocycles. The van der Waals surface area contributed by atoms with Gasteiger partial charge in [-0.1, -0.05) is 36.4 Å². The standard InChI is InChI=1S/C32H34N2O6/c1-22(35)39-20-18-33-32(37)30(21-24-3-7-25(8-4-24)26-9-10-26)34-31(36)27-11-15-29(16-12-27)40-19-17-23-5-13-28(38-2)14-6-23/h3-8,11-16,21,26H,9-10,17-20H2,1-2H3,(H,33,37)(H,34,36). The van der Waals surface area contributed by atoms with Crippen LogP contribution in [0.4, 0.5) is 0 Å². The van der Waals surface area contributed by atoms with Gasteiger partial charge in [0.05, 0.1) is 20.3 Å². The molecule has 2 amide bonds. The zero-order chi connectivity index (χ0) is 28.3. The van der Waals surface area contributed by atoms with Gasteiger partial charge in [-0.3, -0.25) is 14.4 Å². The molecule has 1 fully saturated rings. The van der Waals surface area contributed by atoms with Crippen molar-refractivity contribution in [3.05, 3.63) is 101 Å². The molecule has 4 rings (SSSR count). The molecule has 3 aromatic carbocycles. The maximum atomic E-state index is 13.0. The second-order valence-corrected chi connectivity index (χ2v) is 9.52. The molecule has 1 aliphatic carbocycles. The Balaban J connectivity index is 1.36. The molecular formula is C32H34N2O6. The van der Waals surface area contributed by atoms with Crippen molar-refractivity contribution in [2.24, 2.45) is 0 Å². The normalized spacial score (nSPS) is 12.8. The Morgan fingerprint density at radius 1 is 0.875 bits per heavy atom. The highest BCUT2D eigenvalue weighted by Gasteiger charge is 2.23. The summed E-state index contributed by atoms with van der Waals surface area (Å²) in [6.45, 7) is 1.95. The molecule has 1 saturated carbocycles. The van der Waals surface area contributed by atoms with Crippen LogP contribution in [-0.4, -0.2) is 44.7 Å². The highest BCUT2D eigenvalue weighted by molar-refractivity contribution is 6.05. The minimum Gasteiger partial charge on any atom is -0.497 e. The van der Waals surface area contributed by atoms with Crippen molar-refractivity contribution >= 4 is 23.9 Å². The van der Waals surface area contributed by atoms with Crippen molar-refractivity contribution in [3.63, 3.8) is 0 Å². The quantitative estimate of drug-likeness (QED) is 0.185. The van der Waals surface area contributed by atoms with Crippen LogP contribution < -0.4 is 20.1 Å². The summed E-state index contributed by atoms with van der Waals surface area (Å²) in [5.74, 6) is 0.728. The number of nitrogens with one attached hydrogen (secondary N) is 2. The van der Waals surface area contributed by atoms with Gasteiger partial charge in [0.25, 0.3) is 11.8 Å². The fourth-order valence-electron chi connectivity index (χ4n) is 4.04. The maximum Gasteiger partial charge on any atom is 0.302 e. The fourth-order valence-corrected chi connectivity index (χ4v) is 4.04. The zero-order valence-electron chi connectivity index (χ0n) is 22.8. The monoisotopic (exact) mass is 542 g/mol. The molecule has 2 N–H and O–H groups in total. The topological polar surface area (TPSA) is 103 Å². The molecule has 208 valence electrons. The summed E-state index contributed by atoms with van der Waals surface area (Å²) in [5.41, 5.74) is 3.66. The third-order valence-electron chi connectivity index (χ3n) is 6.42. The average Bonchev–Trinajstić information content (AvgIpc) is 3.82. The van der Waals surface area contributed by atoms with Crippen molar-refractivity contribution in [1.82, 2.24) is 10.6 Å². The Kier molecular flexibility index (Phi) is 9.93. The van der Waals surface area contributed by atoms with Crippen LogP contribution in [0.3, 0.4) is 0 Å². The van der Waals surface area contributed by atoms with Gasteiger partial charge < -0.3 is 24.8 Å². The lowest BCUT2D eigenvalue weighted by Gasteiger charge is -2.12. The van der Waals surface area contributed by atoms with E-state index in [4.69, 9.17) is 14.2 Å². The molecule has 0 radical (unpaired) electrons. The highest BCUT2D eigenvalue weighted by Crippen LogP contribution is 2.39. The van der Waals surface area contributed by atoms with E-state index in [2.05, 4.69) is 22.8 Å². The number of ether oxygens (including phenoxy) is 3. The van der Waals surface area contributed by atoms with Crippen molar-refractivity contribution in [2.45, 2.75) is 32.1 Å². The minimum atomic E-state index is -0.481. The maximum absolute atomic E-state index is 13.0. The largest absolute Gasteiger partial charge is 0.497 e. The molecule has 8 nitrogen and oxygen atoms in total. The van der Waals surface area contributed by atoms with E-state index in [1.54, 1.807) is 37.5 Å². The van der Waals surface area contributed by atoms with E-state index < -0.39 is 17.8 Å². The summed E-state index contributed by atoms with van der Waals surface area (Å²) >= 11 is 0. The number of carbonyl (C=O) groups is 3. The first-order valence-electron chi connectivity index (χ1n) is 13.3.